The van der Waals surface area contributed by atoms with Crippen molar-refractivity contribution in [3.05, 3.63) is 35.4 Å². The van der Waals surface area contributed by atoms with Gasteiger partial charge < -0.3 is 10.0 Å². The van der Waals surface area contributed by atoms with Crippen molar-refractivity contribution in [3.8, 4) is 0 Å². The summed E-state index contributed by atoms with van der Waals surface area (Å²) in [5.41, 5.74) is -1.26. The number of hydrogen-bond donors (Lipinski definition) is 1. The number of benzene rings is 1. The van der Waals surface area contributed by atoms with Crippen molar-refractivity contribution in [3.63, 3.8) is 0 Å². The van der Waals surface area contributed by atoms with Gasteiger partial charge in [-0.15, -0.1) is 0 Å². The average molecular weight is 301 g/mol. The van der Waals surface area contributed by atoms with Crippen LogP contribution in [-0.4, -0.2) is 35.1 Å². The molecule has 0 aromatic heterocycles. The maximum atomic E-state index is 13.0. The summed E-state index contributed by atoms with van der Waals surface area (Å²) in [5, 5.41) is 9.11. The second kappa shape index (κ2) is 6.47. The van der Waals surface area contributed by atoms with Crippen LogP contribution in [0.2, 0.25) is 0 Å². The minimum atomic E-state index is -4.56. The van der Waals surface area contributed by atoms with E-state index in [1.54, 1.807) is 0 Å². The summed E-state index contributed by atoms with van der Waals surface area (Å²) in [7, 11) is 0. The molecule has 2 rings (SSSR count). The molecule has 1 aliphatic rings. The zero-order valence-electron chi connectivity index (χ0n) is 11.6. The van der Waals surface area contributed by atoms with Crippen LogP contribution in [0, 0.1) is 0 Å². The summed E-state index contributed by atoms with van der Waals surface area (Å²) < 4.78 is 39.0. The number of hydrogen-bond acceptors (Lipinski definition) is 2. The number of aliphatic hydroxyl groups is 1. The monoisotopic (exact) mass is 301 g/mol. The smallest absolute Gasteiger partial charge is 0.395 e. The third-order valence-corrected chi connectivity index (χ3v) is 3.83. The Balaban J connectivity index is 2.32. The first-order valence-corrected chi connectivity index (χ1v) is 7.03. The third kappa shape index (κ3) is 3.56. The molecule has 1 saturated carbocycles. The Bertz CT molecular complexity index is 496. The lowest BCUT2D eigenvalue weighted by atomic mass is 10.0. The van der Waals surface area contributed by atoms with Crippen LogP contribution in [0.4, 0.5) is 13.2 Å². The molecule has 0 saturated heterocycles. The Labute approximate surface area is 121 Å². The lowest BCUT2D eigenvalue weighted by Crippen LogP contribution is -2.41. The molecule has 0 spiro atoms. The number of amides is 1. The molecule has 3 nitrogen and oxygen atoms in total. The highest BCUT2D eigenvalue weighted by Crippen LogP contribution is 2.33. The minimum Gasteiger partial charge on any atom is -0.395 e. The molecule has 0 atom stereocenters. The molecule has 21 heavy (non-hydrogen) atoms. The summed E-state index contributed by atoms with van der Waals surface area (Å²) in [6.45, 7) is -0.188. The molecule has 0 bridgehead atoms. The van der Waals surface area contributed by atoms with Gasteiger partial charge in [0.25, 0.3) is 5.91 Å². The van der Waals surface area contributed by atoms with Crippen molar-refractivity contribution in [2.24, 2.45) is 0 Å². The quantitative estimate of drug-likeness (QED) is 0.928. The van der Waals surface area contributed by atoms with Gasteiger partial charge in [-0.3, -0.25) is 4.79 Å². The number of carbonyl (C=O) groups excluding carboxylic acids is 1. The maximum Gasteiger partial charge on any atom is 0.417 e. The molecule has 0 radical (unpaired) electrons. The fourth-order valence-electron chi connectivity index (χ4n) is 2.85. The fourth-order valence-corrected chi connectivity index (χ4v) is 2.85. The molecule has 1 aromatic rings. The number of rotatable bonds is 4. The van der Waals surface area contributed by atoms with Gasteiger partial charge in [0.1, 0.15) is 0 Å². The zero-order chi connectivity index (χ0) is 15.5. The first-order valence-electron chi connectivity index (χ1n) is 7.03. The van der Waals surface area contributed by atoms with Gasteiger partial charge in [-0.25, -0.2) is 0 Å². The van der Waals surface area contributed by atoms with Crippen LogP contribution in [0.15, 0.2) is 24.3 Å². The van der Waals surface area contributed by atoms with E-state index in [-0.39, 0.29) is 24.8 Å². The molecule has 1 aliphatic carbocycles. The molecule has 0 heterocycles. The molecule has 1 N–H and O–H groups in total. The van der Waals surface area contributed by atoms with Crippen LogP contribution in [0.1, 0.15) is 41.6 Å². The predicted octanol–water partition coefficient (Wildman–Crippen LogP) is 3.08. The molecule has 0 unspecified atom stereocenters. The van der Waals surface area contributed by atoms with Crippen LogP contribution in [-0.2, 0) is 6.18 Å². The van der Waals surface area contributed by atoms with E-state index in [0.717, 1.165) is 31.7 Å². The summed E-state index contributed by atoms with van der Waals surface area (Å²) in [4.78, 5) is 13.9. The van der Waals surface area contributed by atoms with Crippen LogP contribution in [0.5, 0.6) is 0 Å². The average Bonchev–Trinajstić information content (AvgIpc) is 2.97. The first-order chi connectivity index (χ1) is 9.95. The summed E-state index contributed by atoms with van der Waals surface area (Å²) in [6.07, 6.45) is -1.09. The van der Waals surface area contributed by atoms with Gasteiger partial charge in [0, 0.05) is 12.6 Å². The van der Waals surface area contributed by atoms with Crippen LogP contribution < -0.4 is 0 Å². The lowest BCUT2D eigenvalue weighted by molar-refractivity contribution is -0.138. The topological polar surface area (TPSA) is 40.5 Å². The third-order valence-electron chi connectivity index (χ3n) is 3.83. The number of halogens is 3. The van der Waals surface area contributed by atoms with Gasteiger partial charge >= 0.3 is 6.18 Å². The SMILES string of the molecule is O=C(c1ccccc1C(F)(F)F)N(CCO)C1CCCC1. The van der Waals surface area contributed by atoms with Gasteiger partial charge in [-0.2, -0.15) is 13.2 Å². The van der Waals surface area contributed by atoms with Crippen molar-refractivity contribution in [2.75, 3.05) is 13.2 Å². The van der Waals surface area contributed by atoms with Gasteiger partial charge in [-0.1, -0.05) is 25.0 Å². The summed E-state index contributed by atoms with van der Waals surface area (Å²) >= 11 is 0. The van der Waals surface area contributed by atoms with Crippen molar-refractivity contribution < 1.29 is 23.1 Å². The number of alkyl halides is 3. The second-order valence-electron chi connectivity index (χ2n) is 5.20. The van der Waals surface area contributed by atoms with Crippen molar-refractivity contribution in [1.29, 1.82) is 0 Å². The number of aliphatic hydroxyl groups excluding tert-OH is 1. The van der Waals surface area contributed by atoms with Crippen LogP contribution >= 0.6 is 0 Å². The highest BCUT2D eigenvalue weighted by Gasteiger charge is 2.37. The van der Waals surface area contributed by atoms with Crippen molar-refractivity contribution in [1.82, 2.24) is 4.90 Å². The normalized spacial score (nSPS) is 16.2. The van der Waals surface area contributed by atoms with E-state index < -0.39 is 17.6 Å². The van der Waals surface area contributed by atoms with E-state index in [1.165, 1.54) is 23.1 Å². The second-order valence-corrected chi connectivity index (χ2v) is 5.20. The van der Waals surface area contributed by atoms with Gasteiger partial charge in [0.05, 0.1) is 17.7 Å². The van der Waals surface area contributed by atoms with E-state index in [1.807, 2.05) is 0 Å². The summed E-state index contributed by atoms with van der Waals surface area (Å²) in [5.74, 6) is -0.649. The maximum absolute atomic E-state index is 13.0. The molecule has 0 aliphatic heterocycles. The molecule has 1 fully saturated rings. The summed E-state index contributed by atoms with van der Waals surface area (Å²) in [6, 6.07) is 4.73. The van der Waals surface area contributed by atoms with E-state index in [2.05, 4.69) is 0 Å². The molecular formula is C15H18F3NO2. The largest absolute Gasteiger partial charge is 0.417 e. The number of nitrogens with zero attached hydrogens (tertiary/aromatic N) is 1. The van der Waals surface area contributed by atoms with Gasteiger partial charge in [-0.05, 0) is 25.0 Å². The standard InChI is InChI=1S/C15H18F3NO2/c16-15(17,18)13-8-4-3-7-12(13)14(21)19(9-10-20)11-5-1-2-6-11/h3-4,7-8,11,20H,1-2,5-6,9-10H2. The van der Waals surface area contributed by atoms with Gasteiger partial charge in [0.2, 0.25) is 0 Å². The number of carbonyl (C=O) groups is 1. The molecule has 116 valence electrons. The fraction of sp³-hybridized carbons (Fsp3) is 0.533. The van der Waals surface area contributed by atoms with E-state index in [4.69, 9.17) is 5.11 Å². The Kier molecular flexibility index (Phi) is 4.88. The molecular weight excluding hydrogens is 283 g/mol. The zero-order valence-corrected chi connectivity index (χ0v) is 11.6. The Morgan fingerprint density at radius 3 is 2.43 bits per heavy atom. The van der Waals surface area contributed by atoms with Gasteiger partial charge in [0.15, 0.2) is 0 Å². The highest BCUT2D eigenvalue weighted by atomic mass is 19.4. The lowest BCUT2D eigenvalue weighted by Gasteiger charge is -2.29. The molecule has 1 aromatic carbocycles. The van der Waals surface area contributed by atoms with Crippen molar-refractivity contribution >= 4 is 5.91 Å². The van der Waals surface area contributed by atoms with E-state index in [9.17, 15) is 18.0 Å². The molecule has 6 heteroatoms. The minimum absolute atomic E-state index is 0.0652. The Morgan fingerprint density at radius 1 is 1.24 bits per heavy atom. The van der Waals surface area contributed by atoms with Crippen LogP contribution in [0.25, 0.3) is 0 Å². The molecule has 1 amide bonds. The Hall–Kier alpha value is -1.56. The van der Waals surface area contributed by atoms with E-state index >= 15 is 0 Å². The highest BCUT2D eigenvalue weighted by molar-refractivity contribution is 5.96. The van der Waals surface area contributed by atoms with E-state index in [0.29, 0.717) is 0 Å². The first kappa shape index (κ1) is 15.8. The van der Waals surface area contributed by atoms with Crippen molar-refractivity contribution in [2.45, 2.75) is 37.9 Å². The van der Waals surface area contributed by atoms with Crippen LogP contribution in [0.3, 0.4) is 0 Å². The Morgan fingerprint density at radius 2 is 1.86 bits per heavy atom. The predicted molar refractivity (Wildman–Crippen MR) is 71.8 cm³/mol.